The van der Waals surface area contributed by atoms with Gasteiger partial charge in [0.2, 0.25) is 0 Å². The van der Waals surface area contributed by atoms with E-state index >= 15 is 0 Å². The maximum atomic E-state index is 14.2. The quantitative estimate of drug-likeness (QED) is 0.740. The Morgan fingerprint density at radius 2 is 1.97 bits per heavy atom. The molecule has 1 amide bonds. The van der Waals surface area contributed by atoms with Gasteiger partial charge >= 0.3 is 6.09 Å². The first-order valence-corrected chi connectivity index (χ1v) is 10.6. The number of carbonyl (C=O) groups excluding carboxylic acids is 1. The average Bonchev–Trinajstić information content (AvgIpc) is 3.26. The van der Waals surface area contributed by atoms with Gasteiger partial charge in [0, 0.05) is 17.7 Å². The fourth-order valence-electron chi connectivity index (χ4n) is 5.50. The molecule has 1 unspecified atom stereocenters. The highest BCUT2D eigenvalue weighted by Crippen LogP contribution is 2.55. The van der Waals surface area contributed by atoms with E-state index in [0.29, 0.717) is 18.7 Å². The number of benzene rings is 1. The number of hydrogen-bond donors (Lipinski definition) is 1. The Hall–Kier alpha value is -2.83. The van der Waals surface area contributed by atoms with Gasteiger partial charge in [-0.3, -0.25) is 4.98 Å². The standard InChI is InChI=1S/C24H23F3N2O2/c25-17-3-1-2-14(8-17)15-4-5-18(28-12-15)6-7-20-19-10-22(27)21(26)9-16(19)11-24(20)13-29-23(30)31-24/h1-8,12,16,19-22H,9-11,13H2,(H,29,30)/t16-,19+,20-,21+,22+,24?/m0/s1. The minimum absolute atomic E-state index is 0.0207. The molecule has 1 aromatic carbocycles. The molecule has 162 valence electrons. The van der Waals surface area contributed by atoms with E-state index in [-0.39, 0.29) is 36.4 Å². The molecule has 3 aliphatic rings. The molecule has 0 radical (unpaired) electrons. The van der Waals surface area contributed by atoms with Crippen LogP contribution in [0.5, 0.6) is 0 Å². The van der Waals surface area contributed by atoms with E-state index in [1.165, 1.54) is 12.1 Å². The molecular formula is C24H23F3N2O2. The number of halogens is 3. The van der Waals surface area contributed by atoms with Gasteiger partial charge in [0.15, 0.2) is 0 Å². The van der Waals surface area contributed by atoms with Gasteiger partial charge in [0.1, 0.15) is 23.8 Å². The van der Waals surface area contributed by atoms with Crippen molar-refractivity contribution in [3.8, 4) is 11.1 Å². The highest BCUT2D eigenvalue weighted by Gasteiger charge is 2.59. The number of rotatable bonds is 3. The summed E-state index contributed by atoms with van der Waals surface area (Å²) < 4.78 is 47.3. The zero-order valence-corrected chi connectivity index (χ0v) is 16.8. The van der Waals surface area contributed by atoms with Crippen LogP contribution in [0.4, 0.5) is 18.0 Å². The summed E-state index contributed by atoms with van der Waals surface area (Å²) in [5.41, 5.74) is 1.45. The topological polar surface area (TPSA) is 51.2 Å². The second-order valence-corrected chi connectivity index (χ2v) is 8.81. The third-order valence-corrected chi connectivity index (χ3v) is 6.95. The smallest absolute Gasteiger partial charge is 0.407 e. The third kappa shape index (κ3) is 3.70. The summed E-state index contributed by atoms with van der Waals surface area (Å²) >= 11 is 0. The first kappa shape index (κ1) is 20.1. The Morgan fingerprint density at radius 1 is 1.13 bits per heavy atom. The van der Waals surface area contributed by atoms with E-state index in [1.54, 1.807) is 12.3 Å². The van der Waals surface area contributed by atoms with Crippen molar-refractivity contribution in [1.29, 1.82) is 0 Å². The summed E-state index contributed by atoms with van der Waals surface area (Å²) in [6.45, 7) is 0.341. The number of fused-ring (bicyclic) bond motifs is 1. The molecule has 1 N–H and O–H groups in total. The van der Waals surface area contributed by atoms with Crippen LogP contribution in [-0.2, 0) is 4.74 Å². The summed E-state index contributed by atoms with van der Waals surface area (Å²) in [5.74, 6) is -0.631. The number of pyridine rings is 1. The van der Waals surface area contributed by atoms with Crippen molar-refractivity contribution >= 4 is 12.2 Å². The number of alkyl carbamates (subject to hydrolysis) is 1. The molecule has 3 fully saturated rings. The lowest BCUT2D eigenvalue weighted by Gasteiger charge is -2.33. The summed E-state index contributed by atoms with van der Waals surface area (Å²) in [6, 6.07) is 9.99. The Bertz CT molecular complexity index is 1010. The van der Waals surface area contributed by atoms with Crippen molar-refractivity contribution in [3.05, 3.63) is 60.2 Å². The Balaban J connectivity index is 1.39. The molecule has 0 bridgehead atoms. The van der Waals surface area contributed by atoms with Crippen molar-refractivity contribution < 1.29 is 22.7 Å². The monoisotopic (exact) mass is 428 g/mol. The molecule has 31 heavy (non-hydrogen) atoms. The van der Waals surface area contributed by atoms with Gasteiger partial charge in [-0.25, -0.2) is 18.0 Å². The molecule has 2 saturated carbocycles. The molecule has 2 aliphatic carbocycles. The molecule has 2 heterocycles. The van der Waals surface area contributed by atoms with Crippen LogP contribution in [0, 0.1) is 23.6 Å². The SMILES string of the molecule is O=C1NCC2(C[C@@H]3C[C@@H](F)[C@H](F)C[C@H]3[C@@H]2C=Cc2ccc(-c3cccc(F)c3)cn2)O1. The Morgan fingerprint density at radius 3 is 2.68 bits per heavy atom. The number of alkyl halides is 2. The number of nitrogens with one attached hydrogen (secondary N) is 1. The van der Waals surface area contributed by atoms with E-state index in [4.69, 9.17) is 4.74 Å². The second-order valence-electron chi connectivity index (χ2n) is 8.81. The minimum Gasteiger partial charge on any atom is -0.440 e. The van der Waals surface area contributed by atoms with E-state index in [9.17, 15) is 18.0 Å². The van der Waals surface area contributed by atoms with Gasteiger partial charge in [0.05, 0.1) is 12.2 Å². The number of aromatic nitrogens is 1. The molecule has 6 atom stereocenters. The van der Waals surface area contributed by atoms with Crippen molar-refractivity contribution in [1.82, 2.24) is 10.3 Å². The van der Waals surface area contributed by atoms with Gasteiger partial charge in [-0.05, 0) is 60.9 Å². The normalized spacial score (nSPS) is 34.7. The number of ether oxygens (including phenoxy) is 1. The summed E-state index contributed by atoms with van der Waals surface area (Å²) in [4.78, 5) is 16.2. The lowest BCUT2D eigenvalue weighted by atomic mass is 9.75. The van der Waals surface area contributed by atoms with Crippen LogP contribution in [0.3, 0.4) is 0 Å². The molecule has 7 heteroatoms. The van der Waals surface area contributed by atoms with Crippen molar-refractivity contribution in [2.75, 3.05) is 6.54 Å². The Kier molecular flexibility index (Phi) is 4.99. The third-order valence-electron chi connectivity index (χ3n) is 6.95. The van der Waals surface area contributed by atoms with Gasteiger partial charge in [-0.1, -0.05) is 24.3 Å². The average molecular weight is 428 g/mol. The predicted octanol–water partition coefficient (Wildman–Crippen LogP) is 5.10. The highest BCUT2D eigenvalue weighted by molar-refractivity contribution is 5.70. The van der Waals surface area contributed by atoms with Crippen molar-refractivity contribution in [2.24, 2.45) is 17.8 Å². The fraction of sp³-hybridized carbons (Fsp3) is 0.417. The van der Waals surface area contributed by atoms with E-state index < -0.39 is 24.0 Å². The first-order chi connectivity index (χ1) is 14.9. The number of carbonyl (C=O) groups is 1. The van der Waals surface area contributed by atoms with Gasteiger partial charge in [-0.15, -0.1) is 0 Å². The number of nitrogens with zero attached hydrogens (tertiary/aromatic N) is 1. The number of hydrogen-bond acceptors (Lipinski definition) is 3. The van der Waals surface area contributed by atoms with Gasteiger partial charge in [-0.2, -0.15) is 0 Å². The molecular weight excluding hydrogens is 405 g/mol. The zero-order chi connectivity index (χ0) is 21.6. The molecule has 4 nitrogen and oxygen atoms in total. The molecule has 1 saturated heterocycles. The fourth-order valence-corrected chi connectivity index (χ4v) is 5.50. The molecule has 1 aromatic heterocycles. The first-order valence-electron chi connectivity index (χ1n) is 10.6. The van der Waals surface area contributed by atoms with Crippen LogP contribution < -0.4 is 5.32 Å². The summed E-state index contributed by atoms with van der Waals surface area (Å²) in [5, 5.41) is 2.71. The van der Waals surface area contributed by atoms with Crippen LogP contribution in [0.1, 0.15) is 25.0 Å². The van der Waals surface area contributed by atoms with Crippen LogP contribution >= 0.6 is 0 Å². The van der Waals surface area contributed by atoms with Crippen molar-refractivity contribution in [2.45, 2.75) is 37.2 Å². The van der Waals surface area contributed by atoms with E-state index in [1.807, 2.05) is 30.4 Å². The maximum absolute atomic E-state index is 14.2. The van der Waals surface area contributed by atoms with Gasteiger partial charge < -0.3 is 10.1 Å². The molecule has 5 rings (SSSR count). The van der Waals surface area contributed by atoms with E-state index in [0.717, 1.165) is 11.1 Å². The van der Waals surface area contributed by atoms with Gasteiger partial charge in [0.25, 0.3) is 0 Å². The minimum atomic E-state index is -1.49. The predicted molar refractivity (Wildman–Crippen MR) is 110 cm³/mol. The Labute approximate surface area is 178 Å². The van der Waals surface area contributed by atoms with Crippen LogP contribution in [0.25, 0.3) is 17.2 Å². The zero-order valence-electron chi connectivity index (χ0n) is 16.8. The van der Waals surface area contributed by atoms with Crippen LogP contribution in [0.2, 0.25) is 0 Å². The lowest BCUT2D eigenvalue weighted by Crippen LogP contribution is -2.39. The second kappa shape index (κ2) is 7.70. The summed E-state index contributed by atoms with van der Waals surface area (Å²) in [6.07, 6.45) is 2.84. The molecule has 1 spiro atoms. The van der Waals surface area contributed by atoms with Crippen LogP contribution in [0.15, 0.2) is 48.7 Å². The summed E-state index contributed by atoms with van der Waals surface area (Å²) in [7, 11) is 0. The molecule has 2 aromatic rings. The molecule has 1 aliphatic heterocycles. The van der Waals surface area contributed by atoms with Crippen LogP contribution in [-0.4, -0.2) is 35.6 Å². The van der Waals surface area contributed by atoms with Crippen molar-refractivity contribution in [3.63, 3.8) is 0 Å². The highest BCUT2D eigenvalue weighted by atomic mass is 19.2. The maximum Gasteiger partial charge on any atom is 0.407 e. The lowest BCUT2D eigenvalue weighted by molar-refractivity contribution is 0.0276. The number of amides is 1. The van der Waals surface area contributed by atoms with E-state index in [2.05, 4.69) is 10.3 Å². The largest absolute Gasteiger partial charge is 0.440 e.